The number of carboxylic acid groups (broad SMARTS) is 1. The molecule has 1 aromatic heterocycles. The number of hydrogen-bond acceptors (Lipinski definition) is 3. The number of aliphatic carboxylic acids is 1. The Morgan fingerprint density at radius 1 is 1.42 bits per heavy atom. The fraction of sp³-hybridized carbons (Fsp3) is 0.462. The van der Waals surface area contributed by atoms with Crippen LogP contribution in [0.5, 0.6) is 0 Å². The zero-order valence-electron chi connectivity index (χ0n) is 10.5. The fourth-order valence-electron chi connectivity index (χ4n) is 2.42. The van der Waals surface area contributed by atoms with E-state index in [-0.39, 0.29) is 29.4 Å². The van der Waals surface area contributed by atoms with E-state index >= 15 is 0 Å². The summed E-state index contributed by atoms with van der Waals surface area (Å²) < 4.78 is 0. The van der Waals surface area contributed by atoms with Crippen molar-refractivity contribution in [2.75, 3.05) is 6.54 Å². The summed E-state index contributed by atoms with van der Waals surface area (Å²) in [6.07, 6.45) is 5.18. The number of nitrogens with zero attached hydrogens (tertiary/aromatic N) is 1. The number of piperidine rings is 1. The fourth-order valence-corrected chi connectivity index (χ4v) is 2.42. The van der Waals surface area contributed by atoms with Crippen molar-refractivity contribution in [1.29, 1.82) is 0 Å². The Morgan fingerprint density at radius 3 is 2.89 bits per heavy atom. The number of nitrogens with one attached hydrogen (secondary N) is 1. The highest BCUT2D eigenvalue weighted by atomic mass is 16.4. The molecule has 0 spiro atoms. The van der Waals surface area contributed by atoms with Gasteiger partial charge in [0.15, 0.2) is 5.43 Å². The summed E-state index contributed by atoms with van der Waals surface area (Å²) in [4.78, 5) is 39.0. The molecule has 102 valence electrons. The van der Waals surface area contributed by atoms with Gasteiger partial charge >= 0.3 is 5.97 Å². The third-order valence-corrected chi connectivity index (χ3v) is 3.35. The minimum absolute atomic E-state index is 0.0692. The predicted molar refractivity (Wildman–Crippen MR) is 68.0 cm³/mol. The average Bonchev–Trinajstić information content (AvgIpc) is 2.38. The minimum atomic E-state index is -0.924. The number of carbonyl (C=O) groups excluding carboxylic acids is 1. The highest BCUT2D eigenvalue weighted by Gasteiger charge is 2.29. The van der Waals surface area contributed by atoms with Crippen LogP contribution in [-0.2, 0) is 4.79 Å². The summed E-state index contributed by atoms with van der Waals surface area (Å²) >= 11 is 0. The van der Waals surface area contributed by atoms with E-state index in [1.807, 2.05) is 0 Å². The SMILES string of the molecule is O=C(O)CC1CCCCN1C(=O)c1c[nH]ccc1=O. The first-order valence-corrected chi connectivity index (χ1v) is 6.29. The van der Waals surface area contributed by atoms with Crippen molar-refractivity contribution in [3.63, 3.8) is 0 Å². The summed E-state index contributed by atoms with van der Waals surface area (Å²) in [5, 5.41) is 8.88. The van der Waals surface area contributed by atoms with Crippen molar-refractivity contribution in [2.45, 2.75) is 31.7 Å². The van der Waals surface area contributed by atoms with Gasteiger partial charge in [-0.2, -0.15) is 0 Å². The molecule has 2 rings (SSSR count). The summed E-state index contributed by atoms with van der Waals surface area (Å²) in [6.45, 7) is 0.505. The third-order valence-electron chi connectivity index (χ3n) is 3.35. The number of rotatable bonds is 3. The zero-order valence-corrected chi connectivity index (χ0v) is 10.5. The number of pyridine rings is 1. The van der Waals surface area contributed by atoms with Gasteiger partial charge in [-0.1, -0.05) is 0 Å². The molecule has 1 unspecified atom stereocenters. The van der Waals surface area contributed by atoms with Gasteiger partial charge in [-0.3, -0.25) is 14.4 Å². The van der Waals surface area contributed by atoms with E-state index in [2.05, 4.69) is 4.98 Å². The van der Waals surface area contributed by atoms with Crippen LogP contribution in [0.15, 0.2) is 23.3 Å². The summed E-state index contributed by atoms with van der Waals surface area (Å²) in [5.74, 6) is -1.31. The Bertz CT molecular complexity index is 537. The minimum Gasteiger partial charge on any atom is -0.481 e. The number of aromatic amines is 1. The Balaban J connectivity index is 2.23. The quantitative estimate of drug-likeness (QED) is 0.846. The number of hydrogen-bond donors (Lipinski definition) is 2. The lowest BCUT2D eigenvalue weighted by Gasteiger charge is -2.34. The van der Waals surface area contributed by atoms with Crippen LogP contribution < -0.4 is 5.43 Å². The highest BCUT2D eigenvalue weighted by molar-refractivity contribution is 5.94. The van der Waals surface area contributed by atoms with Crippen molar-refractivity contribution in [3.8, 4) is 0 Å². The van der Waals surface area contributed by atoms with Crippen LogP contribution in [0.2, 0.25) is 0 Å². The van der Waals surface area contributed by atoms with Crippen molar-refractivity contribution >= 4 is 11.9 Å². The highest BCUT2D eigenvalue weighted by Crippen LogP contribution is 2.21. The zero-order chi connectivity index (χ0) is 13.8. The van der Waals surface area contributed by atoms with E-state index in [0.29, 0.717) is 13.0 Å². The van der Waals surface area contributed by atoms with Crippen molar-refractivity contribution in [3.05, 3.63) is 34.2 Å². The maximum Gasteiger partial charge on any atom is 0.305 e. The maximum atomic E-state index is 12.3. The number of carbonyl (C=O) groups is 2. The van der Waals surface area contributed by atoms with Crippen LogP contribution in [0.4, 0.5) is 0 Å². The molecule has 1 aliphatic heterocycles. The molecule has 6 nitrogen and oxygen atoms in total. The third kappa shape index (κ3) is 3.01. The van der Waals surface area contributed by atoms with E-state index in [9.17, 15) is 14.4 Å². The average molecular weight is 264 g/mol. The van der Waals surface area contributed by atoms with Crippen LogP contribution in [0.1, 0.15) is 36.0 Å². The first-order chi connectivity index (χ1) is 9.09. The number of likely N-dealkylation sites (tertiary alicyclic amines) is 1. The lowest BCUT2D eigenvalue weighted by molar-refractivity contribution is -0.138. The van der Waals surface area contributed by atoms with Crippen LogP contribution in [0, 0.1) is 0 Å². The second kappa shape index (κ2) is 5.69. The number of aromatic nitrogens is 1. The molecule has 19 heavy (non-hydrogen) atoms. The number of H-pyrrole nitrogens is 1. The van der Waals surface area contributed by atoms with Gasteiger partial charge in [-0.05, 0) is 19.3 Å². The van der Waals surface area contributed by atoms with Crippen LogP contribution in [-0.4, -0.2) is 39.5 Å². The molecule has 2 N–H and O–H groups in total. The smallest absolute Gasteiger partial charge is 0.305 e. The Kier molecular flexibility index (Phi) is 3.99. The standard InChI is InChI=1S/C13H16N2O4/c16-11-4-5-14-8-10(11)13(19)15-6-2-1-3-9(15)7-12(17)18/h4-5,8-9H,1-3,6-7H2,(H,14,16)(H,17,18). The van der Waals surface area contributed by atoms with Crippen molar-refractivity contribution < 1.29 is 14.7 Å². The summed E-state index contributed by atoms with van der Waals surface area (Å²) in [5.41, 5.74) is -0.275. The van der Waals surface area contributed by atoms with E-state index < -0.39 is 5.97 Å². The number of carboxylic acids is 1. The second-order valence-electron chi connectivity index (χ2n) is 4.67. The largest absolute Gasteiger partial charge is 0.481 e. The first kappa shape index (κ1) is 13.3. The van der Waals surface area contributed by atoms with Gasteiger partial charge in [-0.25, -0.2) is 0 Å². The first-order valence-electron chi connectivity index (χ1n) is 6.29. The normalized spacial score (nSPS) is 19.2. The Hall–Kier alpha value is -2.11. The molecule has 2 heterocycles. The molecule has 1 atom stereocenters. The molecular weight excluding hydrogens is 248 g/mol. The second-order valence-corrected chi connectivity index (χ2v) is 4.67. The molecule has 0 saturated carbocycles. The molecule has 1 saturated heterocycles. The van der Waals surface area contributed by atoms with Gasteiger partial charge in [0.05, 0.1) is 6.42 Å². The van der Waals surface area contributed by atoms with Crippen molar-refractivity contribution in [2.24, 2.45) is 0 Å². The monoisotopic (exact) mass is 264 g/mol. The molecule has 0 bridgehead atoms. The van der Waals surface area contributed by atoms with Crippen molar-refractivity contribution in [1.82, 2.24) is 9.88 Å². The Morgan fingerprint density at radius 2 is 2.21 bits per heavy atom. The van der Waals surface area contributed by atoms with Gasteiger partial charge in [0.2, 0.25) is 0 Å². The van der Waals surface area contributed by atoms with Gasteiger partial charge in [-0.15, -0.1) is 0 Å². The number of amides is 1. The molecular formula is C13H16N2O4. The molecule has 1 aromatic rings. The van der Waals surface area contributed by atoms with E-state index in [1.165, 1.54) is 23.4 Å². The van der Waals surface area contributed by atoms with Gasteiger partial charge in [0, 0.05) is 31.0 Å². The Labute approximate surface area is 110 Å². The summed E-state index contributed by atoms with van der Waals surface area (Å²) in [7, 11) is 0. The van der Waals surface area contributed by atoms with E-state index in [4.69, 9.17) is 5.11 Å². The van der Waals surface area contributed by atoms with Crippen LogP contribution in [0.3, 0.4) is 0 Å². The van der Waals surface area contributed by atoms with E-state index in [1.54, 1.807) is 0 Å². The van der Waals surface area contributed by atoms with Crippen LogP contribution >= 0.6 is 0 Å². The predicted octanol–water partition coefficient (Wildman–Crippen LogP) is 0.844. The van der Waals surface area contributed by atoms with Gasteiger partial charge in [0.1, 0.15) is 5.56 Å². The molecule has 1 fully saturated rings. The molecule has 0 aromatic carbocycles. The van der Waals surface area contributed by atoms with E-state index in [0.717, 1.165) is 12.8 Å². The molecule has 0 aliphatic carbocycles. The molecule has 0 radical (unpaired) electrons. The van der Waals surface area contributed by atoms with Gasteiger partial charge < -0.3 is 15.0 Å². The lowest BCUT2D eigenvalue weighted by atomic mass is 9.98. The molecule has 6 heteroatoms. The lowest BCUT2D eigenvalue weighted by Crippen LogP contribution is -2.46. The summed E-state index contributed by atoms with van der Waals surface area (Å²) in [6, 6.07) is 0.974. The maximum absolute atomic E-state index is 12.3. The van der Waals surface area contributed by atoms with Crippen LogP contribution in [0.25, 0.3) is 0 Å². The molecule has 1 aliphatic rings. The topological polar surface area (TPSA) is 90.5 Å². The van der Waals surface area contributed by atoms with Gasteiger partial charge in [0.25, 0.3) is 5.91 Å². The molecule has 1 amide bonds.